The van der Waals surface area contributed by atoms with Crippen LogP contribution in [0.3, 0.4) is 0 Å². The summed E-state index contributed by atoms with van der Waals surface area (Å²) in [7, 11) is 0. The van der Waals surface area contributed by atoms with Crippen LogP contribution in [0.15, 0.2) is 24.3 Å². The molecule has 0 bridgehead atoms. The molecule has 13 heavy (non-hydrogen) atoms. The Balaban J connectivity index is 2.79. The van der Waals surface area contributed by atoms with Crippen molar-refractivity contribution >= 4 is 0 Å². The third-order valence-electron chi connectivity index (χ3n) is 2.07. The zero-order valence-corrected chi connectivity index (χ0v) is 7.64. The molecule has 0 fully saturated rings. The highest BCUT2D eigenvalue weighted by molar-refractivity contribution is 5.24. The molecule has 1 rings (SSSR count). The van der Waals surface area contributed by atoms with Crippen molar-refractivity contribution in [3.63, 3.8) is 0 Å². The Morgan fingerprint density at radius 2 is 1.85 bits per heavy atom. The van der Waals surface area contributed by atoms with Crippen molar-refractivity contribution in [1.82, 2.24) is 0 Å². The van der Waals surface area contributed by atoms with Crippen molar-refractivity contribution in [3.8, 4) is 0 Å². The molecule has 3 heteroatoms. The first-order valence-electron chi connectivity index (χ1n) is 4.28. The van der Waals surface area contributed by atoms with E-state index in [4.69, 9.17) is 10.8 Å². The zero-order chi connectivity index (χ0) is 9.84. The van der Waals surface area contributed by atoms with Crippen LogP contribution < -0.4 is 5.73 Å². The third-order valence-corrected chi connectivity index (χ3v) is 2.07. The highest BCUT2D eigenvalue weighted by Gasteiger charge is 2.10. The van der Waals surface area contributed by atoms with Gasteiger partial charge in [0.2, 0.25) is 0 Å². The highest BCUT2D eigenvalue weighted by Crippen LogP contribution is 2.14. The molecule has 0 spiro atoms. The van der Waals surface area contributed by atoms with Crippen molar-refractivity contribution in [1.29, 1.82) is 0 Å². The first kappa shape index (κ1) is 10.2. The number of aliphatic hydroxyl groups is 2. The third kappa shape index (κ3) is 2.52. The topological polar surface area (TPSA) is 66.5 Å². The molecule has 0 amide bonds. The zero-order valence-electron chi connectivity index (χ0n) is 7.64. The Morgan fingerprint density at radius 3 is 2.23 bits per heavy atom. The molecule has 0 aliphatic carbocycles. The molecule has 0 unspecified atom stereocenters. The van der Waals surface area contributed by atoms with Gasteiger partial charge in [-0.25, -0.2) is 0 Å². The first-order chi connectivity index (χ1) is 6.15. The van der Waals surface area contributed by atoms with Gasteiger partial charge in [0, 0.05) is 0 Å². The molecule has 2 atom stereocenters. The van der Waals surface area contributed by atoms with Gasteiger partial charge in [0.1, 0.15) is 0 Å². The number of rotatable bonds is 3. The molecule has 0 saturated carbocycles. The van der Waals surface area contributed by atoms with Crippen LogP contribution in [0.5, 0.6) is 0 Å². The minimum absolute atomic E-state index is 0.0319. The van der Waals surface area contributed by atoms with Crippen LogP contribution in [0, 0.1) is 0 Å². The highest BCUT2D eigenvalue weighted by atomic mass is 16.3. The Kier molecular flexibility index (Phi) is 3.42. The van der Waals surface area contributed by atoms with Crippen LogP contribution in [-0.2, 0) is 6.61 Å². The monoisotopic (exact) mass is 181 g/mol. The van der Waals surface area contributed by atoms with E-state index >= 15 is 0 Å². The molecule has 1 aromatic carbocycles. The summed E-state index contributed by atoms with van der Waals surface area (Å²) in [5, 5.41) is 18.0. The molecule has 0 heterocycles. The predicted molar refractivity (Wildman–Crippen MR) is 51.0 cm³/mol. The second-order valence-electron chi connectivity index (χ2n) is 3.17. The fourth-order valence-corrected chi connectivity index (χ4v) is 1.12. The fourth-order valence-electron chi connectivity index (χ4n) is 1.12. The van der Waals surface area contributed by atoms with Crippen LogP contribution in [0.25, 0.3) is 0 Å². The first-order valence-corrected chi connectivity index (χ1v) is 4.28. The Morgan fingerprint density at radius 1 is 1.31 bits per heavy atom. The van der Waals surface area contributed by atoms with Crippen LogP contribution in [0.4, 0.5) is 0 Å². The quantitative estimate of drug-likeness (QED) is 0.638. The Bertz CT molecular complexity index is 256. The van der Waals surface area contributed by atoms with Gasteiger partial charge in [0.25, 0.3) is 0 Å². The molecule has 1 aromatic rings. The van der Waals surface area contributed by atoms with E-state index in [9.17, 15) is 5.11 Å². The number of nitrogens with two attached hydrogens (primary N) is 1. The van der Waals surface area contributed by atoms with E-state index in [0.717, 1.165) is 11.1 Å². The number of hydrogen-bond donors (Lipinski definition) is 3. The lowest BCUT2D eigenvalue weighted by molar-refractivity contribution is 0.164. The molecular weight excluding hydrogens is 166 g/mol. The molecule has 0 aromatic heterocycles. The predicted octanol–water partition coefficient (Wildman–Crippen LogP) is 0.560. The minimum Gasteiger partial charge on any atom is -0.392 e. The second kappa shape index (κ2) is 4.37. The fraction of sp³-hybridized carbons (Fsp3) is 0.400. The summed E-state index contributed by atoms with van der Waals surface area (Å²) in [6.07, 6.45) is -0.556. The van der Waals surface area contributed by atoms with E-state index < -0.39 is 6.10 Å². The maximum absolute atomic E-state index is 9.23. The average Bonchev–Trinajstić information content (AvgIpc) is 2.17. The van der Waals surface area contributed by atoms with Crippen LogP contribution in [-0.4, -0.2) is 16.3 Å². The van der Waals surface area contributed by atoms with Crippen molar-refractivity contribution < 1.29 is 10.2 Å². The number of aliphatic hydroxyl groups excluding tert-OH is 2. The maximum atomic E-state index is 9.23. The normalized spacial score (nSPS) is 15.4. The number of hydrogen-bond acceptors (Lipinski definition) is 3. The van der Waals surface area contributed by atoms with E-state index in [1.54, 1.807) is 19.1 Å². The lowest BCUT2D eigenvalue weighted by Crippen LogP contribution is -2.22. The van der Waals surface area contributed by atoms with Gasteiger partial charge < -0.3 is 15.9 Å². The number of benzene rings is 1. The van der Waals surface area contributed by atoms with Crippen LogP contribution in [0.1, 0.15) is 24.1 Å². The van der Waals surface area contributed by atoms with Crippen molar-refractivity contribution in [2.75, 3.05) is 0 Å². The van der Waals surface area contributed by atoms with Crippen molar-refractivity contribution in [2.45, 2.75) is 25.7 Å². The molecule has 4 N–H and O–H groups in total. The summed E-state index contributed by atoms with van der Waals surface area (Å²) < 4.78 is 0. The summed E-state index contributed by atoms with van der Waals surface area (Å²) in [5.74, 6) is 0. The molecule has 72 valence electrons. The largest absolute Gasteiger partial charge is 0.392 e. The smallest absolute Gasteiger partial charge is 0.0704 e. The SMILES string of the molecule is C[C@H](O)[C@H](N)c1ccc(CO)cc1. The lowest BCUT2D eigenvalue weighted by atomic mass is 10.0. The second-order valence-corrected chi connectivity index (χ2v) is 3.17. The van der Waals surface area contributed by atoms with Gasteiger partial charge in [-0.15, -0.1) is 0 Å². The van der Waals surface area contributed by atoms with Gasteiger partial charge in [0.15, 0.2) is 0 Å². The van der Waals surface area contributed by atoms with E-state index in [2.05, 4.69) is 0 Å². The van der Waals surface area contributed by atoms with Gasteiger partial charge in [-0.3, -0.25) is 0 Å². The van der Waals surface area contributed by atoms with Crippen molar-refractivity contribution in [2.24, 2.45) is 5.73 Å². The van der Waals surface area contributed by atoms with Crippen molar-refractivity contribution in [3.05, 3.63) is 35.4 Å². The Labute approximate surface area is 77.8 Å². The van der Waals surface area contributed by atoms with Gasteiger partial charge >= 0.3 is 0 Å². The van der Waals surface area contributed by atoms with Crippen LogP contribution >= 0.6 is 0 Å². The van der Waals surface area contributed by atoms with Gasteiger partial charge in [-0.05, 0) is 18.1 Å². The van der Waals surface area contributed by atoms with E-state index in [0.29, 0.717) is 0 Å². The molecule has 0 saturated heterocycles. The molecule has 0 aliphatic rings. The summed E-state index contributed by atoms with van der Waals surface area (Å²) in [6.45, 7) is 1.69. The van der Waals surface area contributed by atoms with Gasteiger partial charge in [-0.1, -0.05) is 24.3 Å². The van der Waals surface area contributed by atoms with E-state index in [-0.39, 0.29) is 12.6 Å². The average molecular weight is 181 g/mol. The maximum Gasteiger partial charge on any atom is 0.0704 e. The molecule has 0 aliphatic heterocycles. The molecular formula is C10H15NO2. The minimum atomic E-state index is -0.556. The summed E-state index contributed by atoms with van der Waals surface area (Å²) >= 11 is 0. The van der Waals surface area contributed by atoms with E-state index in [1.807, 2.05) is 12.1 Å². The van der Waals surface area contributed by atoms with Crippen LogP contribution in [0.2, 0.25) is 0 Å². The summed E-state index contributed by atoms with van der Waals surface area (Å²) in [5.41, 5.74) is 7.45. The summed E-state index contributed by atoms with van der Waals surface area (Å²) in [6, 6.07) is 6.90. The Hall–Kier alpha value is -0.900. The van der Waals surface area contributed by atoms with E-state index in [1.165, 1.54) is 0 Å². The standard InChI is InChI=1S/C10H15NO2/c1-7(13)10(11)9-4-2-8(6-12)3-5-9/h2-5,7,10,12-13H,6,11H2,1H3/t7-,10-/m0/s1. The molecule has 3 nitrogen and oxygen atoms in total. The molecule has 0 radical (unpaired) electrons. The van der Waals surface area contributed by atoms with Gasteiger partial charge in [0.05, 0.1) is 18.8 Å². The van der Waals surface area contributed by atoms with Gasteiger partial charge in [-0.2, -0.15) is 0 Å². The lowest BCUT2D eigenvalue weighted by Gasteiger charge is -2.14. The summed E-state index contributed by atoms with van der Waals surface area (Å²) in [4.78, 5) is 0.